The Morgan fingerprint density at radius 2 is 1.76 bits per heavy atom. The summed E-state index contributed by atoms with van der Waals surface area (Å²) in [6, 6.07) is 12.0. The molecule has 0 saturated carbocycles. The van der Waals surface area contributed by atoms with Gasteiger partial charge in [0.05, 0.1) is 5.02 Å². The summed E-state index contributed by atoms with van der Waals surface area (Å²) in [6.45, 7) is 13.1. The second-order valence-electron chi connectivity index (χ2n) is 9.49. The van der Waals surface area contributed by atoms with Gasteiger partial charge in [0, 0.05) is 40.0 Å². The van der Waals surface area contributed by atoms with Gasteiger partial charge < -0.3 is 4.98 Å². The molecule has 0 aliphatic carbocycles. The molecule has 0 aliphatic heterocycles. The molecule has 1 atom stereocenters. The summed E-state index contributed by atoms with van der Waals surface area (Å²) in [5, 5.41) is 0.846. The minimum Gasteiger partial charge on any atom is -0.358 e. The topological polar surface area (TPSA) is 28.1 Å². The number of nitrogens with zero attached hydrogens (tertiary/aromatic N) is 1. The predicted molar refractivity (Wildman–Crippen MR) is 153 cm³/mol. The minimum absolute atomic E-state index is 0.183. The summed E-state index contributed by atoms with van der Waals surface area (Å²) >= 11 is 6.03. The third kappa shape index (κ3) is 8.59. The van der Waals surface area contributed by atoms with E-state index in [1.54, 1.807) is 13.0 Å². The van der Waals surface area contributed by atoms with Crippen LogP contribution in [-0.4, -0.2) is 16.9 Å². The van der Waals surface area contributed by atoms with Crippen LogP contribution >= 0.6 is 11.6 Å². The average Bonchev–Trinajstić information content (AvgIpc) is 3.24. The van der Waals surface area contributed by atoms with Crippen molar-refractivity contribution < 1.29 is 17.6 Å². The molecule has 0 fully saturated rings. The van der Waals surface area contributed by atoms with Crippen LogP contribution in [0.5, 0.6) is 0 Å². The number of unbranched alkanes of at least 4 members (excludes halogenated alkanes) is 1. The van der Waals surface area contributed by atoms with Crippen LogP contribution in [0.1, 0.15) is 81.7 Å². The number of hydrogen-bond donors (Lipinski definition) is 1. The molecule has 0 saturated heterocycles. The van der Waals surface area contributed by atoms with Gasteiger partial charge in [0.15, 0.2) is 5.82 Å². The molecule has 1 unspecified atom stereocenters. The molecule has 3 aromatic rings. The van der Waals surface area contributed by atoms with E-state index < -0.39 is 11.7 Å². The van der Waals surface area contributed by atoms with Gasteiger partial charge in [-0.05, 0) is 62.4 Å². The maximum Gasteiger partial charge on any atom is 0.415 e. The summed E-state index contributed by atoms with van der Waals surface area (Å²) < 4.78 is 50.4. The number of allylic oxidation sites excluding steroid dienone is 2. The van der Waals surface area contributed by atoms with Crippen LogP contribution in [0.15, 0.2) is 65.8 Å². The molecule has 38 heavy (non-hydrogen) atoms. The highest BCUT2D eigenvalue weighted by molar-refractivity contribution is 6.31. The lowest BCUT2D eigenvalue weighted by Gasteiger charge is -2.14. The van der Waals surface area contributed by atoms with Gasteiger partial charge in [0.1, 0.15) is 0 Å². The Kier molecular flexibility index (Phi) is 11.8. The Morgan fingerprint density at radius 1 is 1.11 bits per heavy atom. The monoisotopic (exact) mass is 548 g/mol. The van der Waals surface area contributed by atoms with Crippen LogP contribution in [0.3, 0.4) is 0 Å². The molecule has 0 radical (unpaired) electrons. The van der Waals surface area contributed by atoms with E-state index in [4.69, 9.17) is 11.6 Å². The maximum absolute atomic E-state index is 14.7. The number of benzene rings is 2. The fraction of sp³-hybridized carbons (Fsp3) is 0.387. The summed E-state index contributed by atoms with van der Waals surface area (Å²) in [6.07, 6.45) is 2.36. The number of H-pyrrole nitrogens is 1. The first-order valence-corrected chi connectivity index (χ1v) is 13.3. The highest BCUT2D eigenvalue weighted by atomic mass is 35.5. The third-order valence-electron chi connectivity index (χ3n) is 6.33. The van der Waals surface area contributed by atoms with Gasteiger partial charge in [-0.3, -0.25) is 4.99 Å². The van der Waals surface area contributed by atoms with E-state index in [0.717, 1.165) is 66.9 Å². The zero-order chi connectivity index (χ0) is 28.5. The first-order chi connectivity index (χ1) is 17.9. The normalized spacial score (nSPS) is 13.1. The first kappa shape index (κ1) is 31.4. The number of alkyl halides is 3. The number of hydrogen-bond acceptors (Lipinski definition) is 1. The number of rotatable bonds is 9. The SMILES string of the molecule is C=C(/C=C\N=C(C)CCC)C(F)(F)F.CCCCc1c(C(C)c2ccc(C)cc2)[nH]c2ccc(Cl)c(F)c12. The van der Waals surface area contributed by atoms with E-state index >= 15 is 0 Å². The zero-order valence-electron chi connectivity index (χ0n) is 22.8. The summed E-state index contributed by atoms with van der Waals surface area (Å²) in [5.41, 5.74) is 5.41. The quantitative estimate of drug-likeness (QED) is 0.156. The van der Waals surface area contributed by atoms with Crippen LogP contribution in [0.25, 0.3) is 10.9 Å². The number of nitrogens with one attached hydrogen (secondary N) is 1. The van der Waals surface area contributed by atoms with E-state index in [2.05, 4.69) is 61.6 Å². The molecular weight excluding hydrogens is 512 g/mol. The summed E-state index contributed by atoms with van der Waals surface area (Å²) in [4.78, 5) is 7.30. The molecule has 7 heteroatoms. The Labute approximate surface area is 228 Å². The number of fused-ring (bicyclic) bond motifs is 1. The lowest BCUT2D eigenvalue weighted by Crippen LogP contribution is -2.08. The maximum atomic E-state index is 14.7. The largest absolute Gasteiger partial charge is 0.415 e. The summed E-state index contributed by atoms with van der Waals surface area (Å²) in [7, 11) is 0. The Balaban J connectivity index is 0.000000312. The highest BCUT2D eigenvalue weighted by Gasteiger charge is 2.29. The van der Waals surface area contributed by atoms with Crippen molar-refractivity contribution >= 4 is 28.2 Å². The highest BCUT2D eigenvalue weighted by Crippen LogP contribution is 2.36. The second kappa shape index (κ2) is 14.3. The average molecular weight is 549 g/mol. The van der Waals surface area contributed by atoms with Crippen molar-refractivity contribution in [2.45, 2.75) is 78.8 Å². The van der Waals surface area contributed by atoms with E-state index in [-0.39, 0.29) is 16.8 Å². The van der Waals surface area contributed by atoms with Crippen molar-refractivity contribution in [3.05, 3.63) is 94.1 Å². The smallest absolute Gasteiger partial charge is 0.358 e. The number of halogens is 5. The third-order valence-corrected chi connectivity index (χ3v) is 6.62. The van der Waals surface area contributed by atoms with Gasteiger partial charge in [-0.25, -0.2) is 4.39 Å². The van der Waals surface area contributed by atoms with Crippen LogP contribution < -0.4 is 0 Å². The van der Waals surface area contributed by atoms with E-state index in [1.807, 2.05) is 13.0 Å². The predicted octanol–water partition coefficient (Wildman–Crippen LogP) is 10.6. The molecule has 2 nitrogen and oxygen atoms in total. The standard InChI is InChI=1S/C21H23ClFN.C10H14F3N/c1-4-5-6-16-19-18(12-11-17(22)20(19)23)24-21(16)14(3)15-9-7-13(2)8-10-15;1-4-5-9(3)14-7-6-8(2)10(11,12)13/h7-12,14,24H,4-6H2,1-3H3;6-7H,2,4-5H2,1,3H3/b;7-6-,14-9?. The Morgan fingerprint density at radius 3 is 2.34 bits per heavy atom. The van der Waals surface area contributed by atoms with Crippen molar-refractivity contribution in [3.8, 4) is 0 Å². The summed E-state index contributed by atoms with van der Waals surface area (Å²) in [5.74, 6) is -0.123. The fourth-order valence-corrected chi connectivity index (χ4v) is 4.24. The molecule has 1 aromatic heterocycles. The van der Waals surface area contributed by atoms with E-state index in [1.165, 1.54) is 11.1 Å². The second-order valence-corrected chi connectivity index (χ2v) is 9.90. The minimum atomic E-state index is -4.36. The van der Waals surface area contributed by atoms with E-state index in [9.17, 15) is 17.6 Å². The first-order valence-electron chi connectivity index (χ1n) is 12.9. The van der Waals surface area contributed by atoms with Crippen molar-refractivity contribution in [2.75, 3.05) is 0 Å². The van der Waals surface area contributed by atoms with Crippen molar-refractivity contribution in [1.29, 1.82) is 0 Å². The molecule has 206 valence electrons. The van der Waals surface area contributed by atoms with Crippen molar-refractivity contribution in [2.24, 2.45) is 4.99 Å². The van der Waals surface area contributed by atoms with Gasteiger partial charge in [-0.15, -0.1) is 0 Å². The molecule has 1 heterocycles. The molecule has 1 N–H and O–H groups in total. The number of aryl methyl sites for hydroxylation is 2. The van der Waals surface area contributed by atoms with Gasteiger partial charge in [-0.1, -0.05) is 81.6 Å². The molecule has 0 aliphatic rings. The van der Waals surface area contributed by atoms with Gasteiger partial charge in [-0.2, -0.15) is 13.2 Å². The molecule has 0 spiro atoms. The Bertz CT molecular complexity index is 1270. The number of aromatic amines is 1. The number of aliphatic imine (C=N–C) groups is 1. The lowest BCUT2D eigenvalue weighted by atomic mass is 9.92. The molecular formula is C31H37ClF4N2. The van der Waals surface area contributed by atoms with Gasteiger partial charge in [0.25, 0.3) is 0 Å². The number of aromatic nitrogens is 1. The van der Waals surface area contributed by atoms with Crippen LogP contribution in [0, 0.1) is 12.7 Å². The van der Waals surface area contributed by atoms with Gasteiger partial charge >= 0.3 is 6.18 Å². The van der Waals surface area contributed by atoms with Crippen LogP contribution in [-0.2, 0) is 6.42 Å². The lowest BCUT2D eigenvalue weighted by molar-refractivity contribution is -0.0878. The Hall–Kier alpha value is -2.86. The van der Waals surface area contributed by atoms with Gasteiger partial charge in [0.2, 0.25) is 0 Å². The van der Waals surface area contributed by atoms with Crippen LogP contribution in [0.4, 0.5) is 17.6 Å². The molecule has 0 bridgehead atoms. The zero-order valence-corrected chi connectivity index (χ0v) is 23.5. The van der Waals surface area contributed by atoms with Crippen LogP contribution in [0.2, 0.25) is 5.02 Å². The van der Waals surface area contributed by atoms with Crippen molar-refractivity contribution in [3.63, 3.8) is 0 Å². The molecule has 2 aromatic carbocycles. The fourth-order valence-electron chi connectivity index (χ4n) is 4.08. The van der Waals surface area contributed by atoms with E-state index in [0.29, 0.717) is 5.39 Å². The molecule has 0 amide bonds. The molecule has 3 rings (SSSR count). The van der Waals surface area contributed by atoms with Crippen molar-refractivity contribution in [1.82, 2.24) is 4.98 Å².